The van der Waals surface area contributed by atoms with Crippen molar-refractivity contribution >= 4 is 32.9 Å². The predicted octanol–water partition coefficient (Wildman–Crippen LogP) is 2.47. The zero-order valence-corrected chi connectivity index (χ0v) is 14.1. The lowest BCUT2D eigenvalue weighted by Gasteiger charge is -2.13. The van der Waals surface area contributed by atoms with E-state index in [2.05, 4.69) is 30.9 Å². The SMILES string of the molecule is COc1c(O/C(=C/N)c2ccccn2)cnc2nc(Br)n(C)c12. The second-order valence-electron chi connectivity index (χ2n) is 4.62. The van der Waals surface area contributed by atoms with E-state index >= 15 is 0 Å². The van der Waals surface area contributed by atoms with Gasteiger partial charge in [-0.2, -0.15) is 0 Å². The number of nitrogens with two attached hydrogens (primary N) is 1. The van der Waals surface area contributed by atoms with Crippen LogP contribution in [0.1, 0.15) is 5.69 Å². The van der Waals surface area contributed by atoms with Crippen molar-refractivity contribution in [1.29, 1.82) is 0 Å². The van der Waals surface area contributed by atoms with Crippen LogP contribution in [0.4, 0.5) is 0 Å². The summed E-state index contributed by atoms with van der Waals surface area (Å²) in [5.74, 6) is 1.36. The fourth-order valence-corrected chi connectivity index (χ4v) is 2.51. The minimum atomic E-state index is 0.409. The second-order valence-corrected chi connectivity index (χ2v) is 5.32. The van der Waals surface area contributed by atoms with Gasteiger partial charge in [0.05, 0.1) is 13.3 Å². The molecule has 3 heterocycles. The van der Waals surface area contributed by atoms with E-state index in [-0.39, 0.29) is 0 Å². The van der Waals surface area contributed by atoms with Crippen molar-refractivity contribution in [2.45, 2.75) is 0 Å². The van der Waals surface area contributed by atoms with Crippen LogP contribution in [-0.2, 0) is 7.05 Å². The molecule has 3 aromatic rings. The Hall–Kier alpha value is -2.61. The molecule has 0 aliphatic heterocycles. The lowest BCUT2D eigenvalue weighted by Crippen LogP contribution is -2.03. The lowest BCUT2D eigenvalue weighted by molar-refractivity contribution is 0.387. The normalized spacial score (nSPS) is 11.7. The maximum Gasteiger partial charge on any atom is 0.190 e. The molecule has 118 valence electrons. The summed E-state index contributed by atoms with van der Waals surface area (Å²) < 4.78 is 13.8. The summed E-state index contributed by atoms with van der Waals surface area (Å²) in [6, 6.07) is 5.48. The number of imidazole rings is 1. The van der Waals surface area contributed by atoms with Gasteiger partial charge in [0.15, 0.2) is 27.6 Å². The summed E-state index contributed by atoms with van der Waals surface area (Å²) in [5.41, 5.74) is 7.56. The molecule has 2 N–H and O–H groups in total. The van der Waals surface area contributed by atoms with Gasteiger partial charge in [0.25, 0.3) is 0 Å². The van der Waals surface area contributed by atoms with Crippen molar-refractivity contribution in [3.8, 4) is 11.5 Å². The summed E-state index contributed by atoms with van der Waals surface area (Å²) in [4.78, 5) is 12.8. The van der Waals surface area contributed by atoms with Gasteiger partial charge in [-0.1, -0.05) is 6.07 Å². The highest BCUT2D eigenvalue weighted by atomic mass is 79.9. The van der Waals surface area contributed by atoms with Gasteiger partial charge in [0, 0.05) is 19.4 Å². The van der Waals surface area contributed by atoms with Crippen molar-refractivity contribution in [2.75, 3.05) is 7.11 Å². The summed E-state index contributed by atoms with van der Waals surface area (Å²) in [7, 11) is 3.42. The molecular formula is C15H14BrN5O2. The lowest BCUT2D eigenvalue weighted by atomic mass is 10.3. The molecule has 0 atom stereocenters. The number of halogens is 1. The molecule has 0 aromatic carbocycles. The van der Waals surface area contributed by atoms with Crippen molar-refractivity contribution < 1.29 is 9.47 Å². The second kappa shape index (κ2) is 6.25. The summed E-state index contributed by atoms with van der Waals surface area (Å²) in [5, 5.41) is 0. The zero-order valence-electron chi connectivity index (χ0n) is 12.5. The number of rotatable bonds is 4. The molecule has 0 saturated heterocycles. The van der Waals surface area contributed by atoms with Gasteiger partial charge in [-0.05, 0) is 28.1 Å². The van der Waals surface area contributed by atoms with E-state index in [0.29, 0.717) is 38.8 Å². The maximum atomic E-state index is 5.87. The van der Waals surface area contributed by atoms with E-state index in [9.17, 15) is 0 Å². The van der Waals surface area contributed by atoms with Crippen LogP contribution in [0.5, 0.6) is 11.5 Å². The maximum absolute atomic E-state index is 5.87. The summed E-state index contributed by atoms with van der Waals surface area (Å²) in [6.45, 7) is 0. The first-order chi connectivity index (χ1) is 11.2. The van der Waals surface area contributed by atoms with Crippen molar-refractivity contribution in [3.05, 3.63) is 47.2 Å². The number of pyridine rings is 2. The van der Waals surface area contributed by atoms with Gasteiger partial charge < -0.3 is 19.8 Å². The number of aryl methyl sites for hydroxylation is 1. The van der Waals surface area contributed by atoms with Gasteiger partial charge >= 0.3 is 0 Å². The Morgan fingerprint density at radius 2 is 2.17 bits per heavy atom. The fourth-order valence-electron chi connectivity index (χ4n) is 2.17. The number of aromatic nitrogens is 4. The zero-order chi connectivity index (χ0) is 16.4. The molecule has 3 rings (SSSR count). The van der Waals surface area contributed by atoms with Gasteiger partial charge in [-0.15, -0.1) is 0 Å². The van der Waals surface area contributed by atoms with E-state index in [1.807, 2.05) is 23.7 Å². The molecular weight excluding hydrogens is 362 g/mol. The molecule has 8 heteroatoms. The number of ether oxygens (including phenoxy) is 2. The highest BCUT2D eigenvalue weighted by molar-refractivity contribution is 9.10. The van der Waals surface area contributed by atoms with Crippen LogP contribution in [0, 0.1) is 0 Å². The van der Waals surface area contributed by atoms with Crippen molar-refractivity contribution in [1.82, 2.24) is 19.5 Å². The molecule has 23 heavy (non-hydrogen) atoms. The Labute approximate surface area is 140 Å². The standard InChI is InChI=1S/C15H14BrN5O2/c1-21-12-13(22-2)11(8-19-14(12)20-15(21)16)23-10(7-17)9-5-3-4-6-18-9/h3-8H,17H2,1-2H3/b10-7+. The Morgan fingerprint density at radius 3 is 2.83 bits per heavy atom. The molecule has 0 spiro atoms. The third-order valence-electron chi connectivity index (χ3n) is 3.26. The quantitative estimate of drug-likeness (QED) is 0.704. The average molecular weight is 376 g/mol. The minimum absolute atomic E-state index is 0.409. The highest BCUT2D eigenvalue weighted by Crippen LogP contribution is 2.36. The first-order valence-corrected chi connectivity index (χ1v) is 7.51. The number of nitrogens with zero attached hydrogens (tertiary/aromatic N) is 4. The van der Waals surface area contributed by atoms with Gasteiger partial charge in [-0.25, -0.2) is 9.97 Å². The number of hydrogen-bond acceptors (Lipinski definition) is 6. The minimum Gasteiger partial charge on any atom is -0.491 e. The van der Waals surface area contributed by atoms with Gasteiger partial charge in [0.2, 0.25) is 0 Å². The smallest absolute Gasteiger partial charge is 0.190 e. The third-order valence-corrected chi connectivity index (χ3v) is 3.97. The highest BCUT2D eigenvalue weighted by Gasteiger charge is 2.18. The largest absolute Gasteiger partial charge is 0.491 e. The van der Waals surface area contributed by atoms with Crippen LogP contribution >= 0.6 is 15.9 Å². The molecule has 0 aliphatic carbocycles. The van der Waals surface area contributed by atoms with Crippen LogP contribution < -0.4 is 15.2 Å². The topological polar surface area (TPSA) is 88.1 Å². The van der Waals surface area contributed by atoms with Crippen LogP contribution in [-0.4, -0.2) is 26.6 Å². The molecule has 0 radical (unpaired) electrons. The molecule has 0 saturated carbocycles. The molecule has 3 aromatic heterocycles. The predicted molar refractivity (Wildman–Crippen MR) is 89.8 cm³/mol. The number of fused-ring (bicyclic) bond motifs is 1. The van der Waals surface area contributed by atoms with Crippen LogP contribution in [0.3, 0.4) is 0 Å². The number of hydrogen-bond donors (Lipinski definition) is 1. The Bertz CT molecular complexity index is 876. The average Bonchev–Trinajstić information content (AvgIpc) is 2.88. The summed E-state index contributed by atoms with van der Waals surface area (Å²) >= 11 is 3.37. The van der Waals surface area contributed by atoms with E-state index in [4.69, 9.17) is 15.2 Å². The molecule has 0 aliphatic rings. The number of methoxy groups -OCH3 is 1. The van der Waals surface area contributed by atoms with Crippen LogP contribution in [0.2, 0.25) is 0 Å². The van der Waals surface area contributed by atoms with Crippen LogP contribution in [0.15, 0.2) is 41.5 Å². The van der Waals surface area contributed by atoms with E-state index in [1.54, 1.807) is 25.6 Å². The van der Waals surface area contributed by atoms with Crippen molar-refractivity contribution in [2.24, 2.45) is 12.8 Å². The third kappa shape index (κ3) is 2.72. The summed E-state index contributed by atoms with van der Waals surface area (Å²) in [6.07, 6.45) is 4.57. The molecule has 0 amide bonds. The van der Waals surface area contributed by atoms with Crippen LogP contribution in [0.25, 0.3) is 16.9 Å². The van der Waals surface area contributed by atoms with Gasteiger partial charge in [0.1, 0.15) is 11.2 Å². The molecule has 0 unspecified atom stereocenters. The van der Waals surface area contributed by atoms with Gasteiger partial charge in [-0.3, -0.25) is 4.98 Å². The van der Waals surface area contributed by atoms with E-state index in [1.165, 1.54) is 6.20 Å². The fraction of sp³-hybridized carbons (Fsp3) is 0.133. The van der Waals surface area contributed by atoms with Crippen molar-refractivity contribution in [3.63, 3.8) is 0 Å². The van der Waals surface area contributed by atoms with E-state index in [0.717, 1.165) is 0 Å². The first kappa shape index (κ1) is 15.3. The first-order valence-electron chi connectivity index (χ1n) is 6.71. The van der Waals surface area contributed by atoms with E-state index < -0.39 is 0 Å². The Kier molecular flexibility index (Phi) is 4.16. The molecule has 0 fully saturated rings. The monoisotopic (exact) mass is 375 g/mol. The Balaban J connectivity index is 2.08. The molecule has 0 bridgehead atoms. The Morgan fingerprint density at radius 1 is 1.35 bits per heavy atom. The molecule has 7 nitrogen and oxygen atoms in total.